The second-order valence-corrected chi connectivity index (χ2v) is 9.96. The largest absolute Gasteiger partial charge is 0.365 e. The fraction of sp³-hybridized carbons (Fsp3) is 0.364. The fourth-order valence-corrected chi connectivity index (χ4v) is 5.33. The first-order valence-corrected chi connectivity index (χ1v) is 11.0. The number of nitrogens with one attached hydrogen (secondary N) is 2. The summed E-state index contributed by atoms with van der Waals surface area (Å²) in [4.78, 5) is 40.8. The lowest BCUT2D eigenvalue weighted by Crippen LogP contribution is -2.27. The predicted octanol–water partition coefficient (Wildman–Crippen LogP) is 3.12. The third kappa shape index (κ3) is 4.05. The van der Waals surface area contributed by atoms with E-state index < -0.39 is 17.5 Å². The molecule has 162 valence electrons. The highest BCUT2D eigenvalue weighted by molar-refractivity contribution is 7.17. The molecule has 2 heterocycles. The van der Waals surface area contributed by atoms with Crippen LogP contribution in [-0.2, 0) is 12.8 Å². The van der Waals surface area contributed by atoms with Crippen LogP contribution < -0.4 is 16.7 Å². The second-order valence-electron chi connectivity index (χ2n) is 8.86. The van der Waals surface area contributed by atoms with Crippen molar-refractivity contribution in [3.8, 4) is 5.69 Å². The van der Waals surface area contributed by atoms with Crippen molar-refractivity contribution < 1.29 is 9.59 Å². The number of nitrogens with two attached hydrogens (primary N) is 1. The molecule has 1 atom stereocenters. The third-order valence-electron chi connectivity index (χ3n) is 5.80. The Morgan fingerprint density at radius 3 is 2.61 bits per heavy atom. The number of amides is 2. The van der Waals surface area contributed by atoms with Crippen molar-refractivity contribution in [2.75, 3.05) is 5.32 Å². The lowest BCUT2D eigenvalue weighted by molar-refractivity contribution is 0.1000. The molecule has 1 aliphatic rings. The zero-order valence-corrected chi connectivity index (χ0v) is 18.5. The van der Waals surface area contributed by atoms with Gasteiger partial charge in [0.15, 0.2) is 0 Å². The number of hydrogen-bond donors (Lipinski definition) is 3. The third-order valence-corrected chi connectivity index (χ3v) is 6.97. The molecule has 1 aromatic carbocycles. The van der Waals surface area contributed by atoms with E-state index in [4.69, 9.17) is 5.73 Å². The first-order chi connectivity index (χ1) is 14.6. The summed E-state index contributed by atoms with van der Waals surface area (Å²) >= 11 is 1.38. The molecule has 31 heavy (non-hydrogen) atoms. The standard InChI is InChI=1S/C22H25N5O3S/c1-22(2,3)12-9-10-14-15(11-12)31-20(16(14)17(23)28)25-19(29)18-24-21(30)27(26-18)13-7-5-4-6-8-13/h4-8,12H,9-11H2,1-3H3,(H2,23,28)(H,25,29)(H,24,26,30). The van der Waals surface area contributed by atoms with Gasteiger partial charge in [0.1, 0.15) is 5.00 Å². The van der Waals surface area contributed by atoms with E-state index in [2.05, 4.69) is 36.2 Å². The SMILES string of the molecule is CC(C)(C)C1CCc2c(sc(NC(=O)c3nn(-c4ccccc4)c(=O)[nH]3)c2C(N)=O)C1. The summed E-state index contributed by atoms with van der Waals surface area (Å²) in [5, 5.41) is 7.26. The normalized spacial score (nSPS) is 16.0. The predicted molar refractivity (Wildman–Crippen MR) is 120 cm³/mol. The Labute approximate surface area is 183 Å². The summed E-state index contributed by atoms with van der Waals surface area (Å²) < 4.78 is 1.12. The van der Waals surface area contributed by atoms with Crippen molar-refractivity contribution in [1.82, 2.24) is 14.8 Å². The van der Waals surface area contributed by atoms with E-state index in [-0.39, 0.29) is 11.2 Å². The molecule has 0 saturated carbocycles. The number of thiophene rings is 1. The van der Waals surface area contributed by atoms with E-state index >= 15 is 0 Å². The van der Waals surface area contributed by atoms with Gasteiger partial charge in [-0.2, -0.15) is 4.68 Å². The number of nitrogens with zero attached hydrogens (tertiary/aromatic N) is 2. The molecule has 4 N–H and O–H groups in total. The molecular weight excluding hydrogens is 414 g/mol. The Balaban J connectivity index is 1.63. The van der Waals surface area contributed by atoms with Crippen LogP contribution in [0.5, 0.6) is 0 Å². The Morgan fingerprint density at radius 1 is 1.26 bits per heavy atom. The number of primary amides is 1. The van der Waals surface area contributed by atoms with Crippen molar-refractivity contribution in [2.45, 2.75) is 40.0 Å². The van der Waals surface area contributed by atoms with E-state index in [9.17, 15) is 14.4 Å². The van der Waals surface area contributed by atoms with Gasteiger partial charge in [0.25, 0.3) is 11.8 Å². The van der Waals surface area contributed by atoms with Crippen LogP contribution >= 0.6 is 11.3 Å². The number of carbonyl (C=O) groups excluding carboxylic acids is 2. The van der Waals surface area contributed by atoms with Gasteiger partial charge < -0.3 is 11.1 Å². The molecule has 1 aliphatic carbocycles. The van der Waals surface area contributed by atoms with Crippen LogP contribution in [0.15, 0.2) is 35.1 Å². The molecule has 0 spiro atoms. The second kappa shape index (κ2) is 7.81. The molecule has 0 radical (unpaired) electrons. The van der Waals surface area contributed by atoms with E-state index in [0.717, 1.165) is 34.4 Å². The number of para-hydroxylation sites is 1. The summed E-state index contributed by atoms with van der Waals surface area (Å²) in [5.74, 6) is -0.811. The van der Waals surface area contributed by atoms with Crippen molar-refractivity contribution >= 4 is 28.2 Å². The minimum absolute atomic E-state index is 0.136. The van der Waals surface area contributed by atoms with Crippen LogP contribution in [0.4, 0.5) is 5.00 Å². The molecule has 3 aromatic rings. The number of carbonyl (C=O) groups is 2. The van der Waals surface area contributed by atoms with Crippen molar-refractivity contribution in [3.05, 3.63) is 62.6 Å². The number of anilines is 1. The van der Waals surface area contributed by atoms with Crippen LogP contribution in [0.2, 0.25) is 0 Å². The van der Waals surface area contributed by atoms with Crippen LogP contribution in [0, 0.1) is 11.3 Å². The smallest absolute Gasteiger partial charge is 0.348 e. The minimum atomic E-state index is -0.597. The van der Waals surface area contributed by atoms with Crippen molar-refractivity contribution in [3.63, 3.8) is 0 Å². The van der Waals surface area contributed by atoms with Crippen LogP contribution in [0.3, 0.4) is 0 Å². The summed E-state index contributed by atoms with van der Waals surface area (Å²) in [7, 11) is 0. The Kier molecular flexibility index (Phi) is 5.30. The average Bonchev–Trinajstić information content (AvgIpc) is 3.27. The maximum atomic E-state index is 12.8. The number of H-pyrrole nitrogens is 1. The van der Waals surface area contributed by atoms with Gasteiger partial charge in [-0.3, -0.25) is 14.6 Å². The van der Waals surface area contributed by atoms with Gasteiger partial charge in [-0.05, 0) is 48.3 Å². The highest BCUT2D eigenvalue weighted by Gasteiger charge is 2.33. The Bertz CT molecular complexity index is 1200. The zero-order valence-electron chi connectivity index (χ0n) is 17.7. The lowest BCUT2D eigenvalue weighted by Gasteiger charge is -2.33. The Hall–Kier alpha value is -3.20. The number of benzene rings is 1. The van der Waals surface area contributed by atoms with Gasteiger partial charge in [-0.15, -0.1) is 16.4 Å². The monoisotopic (exact) mass is 439 g/mol. The maximum Gasteiger partial charge on any atom is 0.348 e. The number of hydrogen-bond acceptors (Lipinski definition) is 5. The molecule has 0 bridgehead atoms. The van der Waals surface area contributed by atoms with Crippen LogP contribution in [0.25, 0.3) is 5.69 Å². The van der Waals surface area contributed by atoms with Gasteiger partial charge in [-0.1, -0.05) is 39.0 Å². The number of rotatable bonds is 4. The quantitative estimate of drug-likeness (QED) is 0.578. The molecule has 2 amide bonds. The van der Waals surface area contributed by atoms with E-state index in [0.29, 0.717) is 22.2 Å². The van der Waals surface area contributed by atoms with Gasteiger partial charge in [0.2, 0.25) is 5.82 Å². The fourth-order valence-electron chi connectivity index (χ4n) is 4.01. The van der Waals surface area contributed by atoms with Gasteiger partial charge in [0, 0.05) is 4.88 Å². The molecule has 4 rings (SSSR count). The first kappa shape index (κ1) is 21.0. The zero-order chi connectivity index (χ0) is 22.3. The number of aromatic amines is 1. The molecule has 0 aliphatic heterocycles. The van der Waals surface area contributed by atoms with Gasteiger partial charge in [-0.25, -0.2) is 4.79 Å². The minimum Gasteiger partial charge on any atom is -0.365 e. The van der Waals surface area contributed by atoms with Crippen molar-refractivity contribution in [1.29, 1.82) is 0 Å². The van der Waals surface area contributed by atoms with E-state index in [1.807, 2.05) is 6.07 Å². The van der Waals surface area contributed by atoms with Crippen LogP contribution in [0.1, 0.15) is 58.6 Å². The number of fused-ring (bicyclic) bond motifs is 1. The van der Waals surface area contributed by atoms with E-state index in [1.54, 1.807) is 24.3 Å². The molecule has 1 unspecified atom stereocenters. The molecule has 2 aromatic heterocycles. The first-order valence-electron chi connectivity index (χ1n) is 10.2. The van der Waals surface area contributed by atoms with E-state index in [1.165, 1.54) is 11.3 Å². The Morgan fingerprint density at radius 2 is 1.97 bits per heavy atom. The van der Waals surface area contributed by atoms with Crippen molar-refractivity contribution in [2.24, 2.45) is 17.1 Å². The summed E-state index contributed by atoms with van der Waals surface area (Å²) in [5.41, 5.74) is 7.13. The summed E-state index contributed by atoms with van der Waals surface area (Å²) in [6, 6.07) is 8.80. The van der Waals surface area contributed by atoms with Gasteiger partial charge in [0.05, 0.1) is 11.3 Å². The highest BCUT2D eigenvalue weighted by atomic mass is 32.1. The summed E-state index contributed by atoms with van der Waals surface area (Å²) in [6.45, 7) is 6.65. The van der Waals surface area contributed by atoms with Crippen LogP contribution in [-0.4, -0.2) is 26.6 Å². The van der Waals surface area contributed by atoms with Gasteiger partial charge >= 0.3 is 5.69 Å². The lowest BCUT2D eigenvalue weighted by atomic mass is 9.72. The molecule has 9 heteroatoms. The highest BCUT2D eigenvalue weighted by Crippen LogP contribution is 2.44. The molecule has 0 saturated heterocycles. The molecular formula is C22H25N5O3S. The topological polar surface area (TPSA) is 123 Å². The maximum absolute atomic E-state index is 12.8. The average molecular weight is 440 g/mol. The molecule has 8 nitrogen and oxygen atoms in total. The molecule has 0 fully saturated rings. The number of aromatic nitrogens is 3. The summed E-state index contributed by atoms with van der Waals surface area (Å²) in [6.07, 6.45) is 2.57.